The summed E-state index contributed by atoms with van der Waals surface area (Å²) >= 11 is 18.2. The van der Waals surface area contributed by atoms with Crippen molar-refractivity contribution < 1.29 is 14.5 Å². The molecule has 35 heavy (non-hydrogen) atoms. The van der Waals surface area contributed by atoms with E-state index in [2.05, 4.69) is 15.3 Å². The maximum atomic E-state index is 12.7. The quantitative estimate of drug-likeness (QED) is 0.359. The van der Waals surface area contributed by atoms with Gasteiger partial charge in [0.2, 0.25) is 11.8 Å². The lowest BCUT2D eigenvalue weighted by Gasteiger charge is -2.40. The van der Waals surface area contributed by atoms with E-state index in [1.54, 1.807) is 17.0 Å². The van der Waals surface area contributed by atoms with Crippen LogP contribution in [0.5, 0.6) is 0 Å². The van der Waals surface area contributed by atoms with Gasteiger partial charge in [0, 0.05) is 42.2 Å². The van der Waals surface area contributed by atoms with E-state index in [-0.39, 0.29) is 34.5 Å². The highest BCUT2D eigenvalue weighted by molar-refractivity contribution is 6.40. The summed E-state index contributed by atoms with van der Waals surface area (Å²) in [6.07, 6.45) is 1.42. The molecule has 2 aromatic carbocycles. The molecule has 1 aliphatic rings. The van der Waals surface area contributed by atoms with Crippen LogP contribution >= 0.6 is 34.8 Å². The molecule has 1 aliphatic heterocycles. The van der Waals surface area contributed by atoms with Crippen LogP contribution in [0.15, 0.2) is 36.7 Å². The molecule has 182 valence electrons. The third kappa shape index (κ3) is 5.38. The normalized spacial score (nSPS) is 16.3. The average Bonchev–Trinajstić information content (AvgIpc) is 2.80. The minimum atomic E-state index is -0.783. The van der Waals surface area contributed by atoms with Crippen LogP contribution in [0.2, 0.25) is 15.1 Å². The van der Waals surface area contributed by atoms with Gasteiger partial charge < -0.3 is 16.0 Å². The molecule has 1 fully saturated rings. The lowest BCUT2D eigenvalue weighted by atomic mass is 10.1. The summed E-state index contributed by atoms with van der Waals surface area (Å²) in [5.74, 6) is -0.480. The van der Waals surface area contributed by atoms with E-state index in [4.69, 9.17) is 40.5 Å². The Balaban J connectivity index is 1.49. The van der Waals surface area contributed by atoms with Gasteiger partial charge in [-0.2, -0.15) is 0 Å². The molecule has 3 aromatic rings. The summed E-state index contributed by atoms with van der Waals surface area (Å²) in [5, 5.41) is 14.7. The van der Waals surface area contributed by atoms with Crippen molar-refractivity contribution in [3.05, 3.63) is 61.8 Å². The number of nitrogens with two attached hydrogens (primary N) is 1. The largest absolute Gasteiger partial charge is 0.368 e. The highest BCUT2D eigenvalue weighted by Gasteiger charge is 2.33. The number of halogens is 3. The predicted octanol–water partition coefficient (Wildman–Crippen LogP) is 3.11. The fourth-order valence-electron chi connectivity index (χ4n) is 3.89. The maximum Gasteiger partial charge on any atom is 0.272 e. The van der Waals surface area contributed by atoms with E-state index >= 15 is 0 Å². The van der Waals surface area contributed by atoms with Gasteiger partial charge in [-0.05, 0) is 18.2 Å². The van der Waals surface area contributed by atoms with Gasteiger partial charge in [0.25, 0.3) is 5.69 Å². The first-order valence-electron chi connectivity index (χ1n) is 10.3. The number of rotatable bonds is 6. The van der Waals surface area contributed by atoms with Crippen molar-refractivity contribution in [2.45, 2.75) is 6.04 Å². The van der Waals surface area contributed by atoms with Gasteiger partial charge in [-0.25, -0.2) is 9.97 Å². The second kappa shape index (κ2) is 10.2. The summed E-state index contributed by atoms with van der Waals surface area (Å²) in [5.41, 5.74) is 6.06. The van der Waals surface area contributed by atoms with Crippen LogP contribution in [-0.4, -0.2) is 63.8 Å². The molecule has 0 saturated carbocycles. The Morgan fingerprint density at radius 2 is 1.86 bits per heavy atom. The summed E-state index contributed by atoms with van der Waals surface area (Å²) in [6, 6.07) is 6.67. The van der Waals surface area contributed by atoms with E-state index < -0.39 is 22.8 Å². The van der Waals surface area contributed by atoms with Crippen LogP contribution in [0.3, 0.4) is 0 Å². The van der Waals surface area contributed by atoms with Gasteiger partial charge in [-0.15, -0.1) is 0 Å². The van der Waals surface area contributed by atoms with Gasteiger partial charge in [-0.3, -0.25) is 24.6 Å². The minimum Gasteiger partial charge on any atom is -0.368 e. The van der Waals surface area contributed by atoms with Crippen molar-refractivity contribution >= 4 is 74.7 Å². The number of primary amides is 1. The lowest BCUT2D eigenvalue weighted by Crippen LogP contribution is -2.59. The highest BCUT2D eigenvalue weighted by atomic mass is 35.5. The highest BCUT2D eigenvalue weighted by Crippen LogP contribution is 2.35. The van der Waals surface area contributed by atoms with Crippen molar-refractivity contribution in [2.24, 2.45) is 5.73 Å². The van der Waals surface area contributed by atoms with Crippen molar-refractivity contribution in [2.75, 3.05) is 36.4 Å². The standard InChI is InChI=1S/C21H18Cl3N7O4/c22-11-1-2-13-16(5-11)26-10-27-21(13)30-4-3-29(17(8-30)20(25)33)9-18(32)28-19-14(23)6-12(31(34)35)7-15(19)24/h1-2,5-7,10,17H,3-4,8-9H2,(H2,25,33)(H,28,32). The molecule has 1 saturated heterocycles. The van der Waals surface area contributed by atoms with Crippen LogP contribution in [-0.2, 0) is 9.59 Å². The van der Waals surface area contributed by atoms with Crippen LogP contribution < -0.4 is 16.0 Å². The van der Waals surface area contributed by atoms with Crippen molar-refractivity contribution in [1.82, 2.24) is 14.9 Å². The molecule has 1 aromatic heterocycles. The molecule has 0 radical (unpaired) electrons. The van der Waals surface area contributed by atoms with E-state index in [1.807, 2.05) is 11.0 Å². The zero-order valence-corrected chi connectivity index (χ0v) is 20.2. The van der Waals surface area contributed by atoms with Crippen molar-refractivity contribution in [1.29, 1.82) is 0 Å². The van der Waals surface area contributed by atoms with Crippen LogP contribution in [0.25, 0.3) is 10.9 Å². The number of fused-ring (bicyclic) bond motifs is 1. The number of amides is 2. The Hall–Kier alpha value is -3.25. The number of piperazine rings is 1. The Morgan fingerprint density at radius 3 is 2.51 bits per heavy atom. The Bertz CT molecular complexity index is 1320. The summed E-state index contributed by atoms with van der Waals surface area (Å²) in [4.78, 5) is 47.5. The van der Waals surface area contributed by atoms with E-state index in [0.717, 1.165) is 17.5 Å². The van der Waals surface area contributed by atoms with Crippen molar-refractivity contribution in [3.8, 4) is 0 Å². The molecule has 3 N–H and O–H groups in total. The van der Waals surface area contributed by atoms with Gasteiger partial charge in [0.05, 0.1) is 32.7 Å². The average molecular weight is 539 g/mol. The van der Waals surface area contributed by atoms with Crippen LogP contribution in [0, 0.1) is 10.1 Å². The zero-order chi connectivity index (χ0) is 25.3. The SMILES string of the molecule is NC(=O)C1CN(c2ncnc3cc(Cl)ccc23)CCN1CC(=O)Nc1c(Cl)cc([N+](=O)[O-])cc1Cl. The number of anilines is 2. The van der Waals surface area contributed by atoms with Crippen LogP contribution in [0.1, 0.15) is 0 Å². The molecule has 11 nitrogen and oxygen atoms in total. The molecule has 0 bridgehead atoms. The molecule has 2 heterocycles. The number of hydrogen-bond donors (Lipinski definition) is 2. The molecule has 2 amide bonds. The smallest absolute Gasteiger partial charge is 0.272 e. The molecule has 0 spiro atoms. The van der Waals surface area contributed by atoms with Gasteiger partial charge in [-0.1, -0.05) is 34.8 Å². The van der Waals surface area contributed by atoms with Gasteiger partial charge in [0.1, 0.15) is 18.2 Å². The number of nitro groups is 1. The summed E-state index contributed by atoms with van der Waals surface area (Å²) < 4.78 is 0. The zero-order valence-electron chi connectivity index (χ0n) is 18.0. The maximum absolute atomic E-state index is 12.7. The van der Waals surface area contributed by atoms with E-state index in [9.17, 15) is 19.7 Å². The molecule has 14 heteroatoms. The number of aromatic nitrogens is 2. The molecule has 4 rings (SSSR count). The molecule has 0 aliphatic carbocycles. The van der Waals surface area contributed by atoms with Gasteiger partial charge >= 0.3 is 0 Å². The number of nitrogens with zero attached hydrogens (tertiary/aromatic N) is 5. The molecular formula is C21H18Cl3N7O4. The number of carbonyl (C=O) groups is 2. The third-order valence-corrected chi connectivity index (χ3v) is 6.38. The lowest BCUT2D eigenvalue weighted by molar-refractivity contribution is -0.384. The number of hydrogen-bond acceptors (Lipinski definition) is 8. The number of nitro benzene ring substituents is 1. The third-order valence-electron chi connectivity index (χ3n) is 5.55. The van der Waals surface area contributed by atoms with Crippen LogP contribution in [0.4, 0.5) is 17.2 Å². The van der Waals surface area contributed by atoms with Gasteiger partial charge in [0.15, 0.2) is 0 Å². The van der Waals surface area contributed by atoms with E-state index in [1.165, 1.54) is 6.33 Å². The Kier molecular flexibility index (Phi) is 7.22. The Morgan fingerprint density at radius 1 is 1.14 bits per heavy atom. The molecular weight excluding hydrogens is 521 g/mol. The monoisotopic (exact) mass is 537 g/mol. The second-order valence-electron chi connectivity index (χ2n) is 7.78. The predicted molar refractivity (Wildman–Crippen MR) is 133 cm³/mol. The fourth-order valence-corrected chi connectivity index (χ4v) is 4.62. The van der Waals surface area contributed by atoms with Crippen molar-refractivity contribution in [3.63, 3.8) is 0 Å². The second-order valence-corrected chi connectivity index (χ2v) is 9.03. The first-order chi connectivity index (χ1) is 16.6. The number of nitrogens with one attached hydrogen (secondary N) is 1. The topological polar surface area (TPSA) is 148 Å². The number of benzene rings is 2. The summed E-state index contributed by atoms with van der Waals surface area (Å²) in [7, 11) is 0. The molecule has 1 atom stereocenters. The Labute approximate surface area is 213 Å². The number of non-ortho nitro benzene ring substituents is 1. The number of carbonyl (C=O) groups excluding carboxylic acids is 2. The fraction of sp³-hybridized carbons (Fsp3) is 0.238. The van der Waals surface area contributed by atoms with E-state index in [0.29, 0.717) is 29.4 Å². The first kappa shape index (κ1) is 24.9. The summed E-state index contributed by atoms with van der Waals surface area (Å²) in [6.45, 7) is 0.828. The minimum absolute atomic E-state index is 0.0457. The molecule has 1 unspecified atom stereocenters. The first-order valence-corrected chi connectivity index (χ1v) is 11.4.